The number of carbonyl (C=O) groups is 1. The minimum atomic E-state index is -0.543. The Kier molecular flexibility index (Phi) is 2.35. The number of rotatable bonds is 2. The van der Waals surface area contributed by atoms with Crippen LogP contribution in [0.2, 0.25) is 0 Å². The number of hydrogen-bond donors (Lipinski definition) is 2. The maximum Gasteiger partial charge on any atom is 0.343 e. The number of ether oxygens (including phenoxy) is 1. The molecule has 0 amide bonds. The van der Waals surface area contributed by atoms with Gasteiger partial charge in [0.2, 0.25) is 0 Å². The number of nitrogens with two attached hydrogens (primary N) is 1. The molecule has 84 valence electrons. The van der Waals surface area contributed by atoms with Crippen molar-refractivity contribution in [3.8, 4) is 0 Å². The molecule has 2 rings (SSSR count). The largest absolute Gasteiger partial charge is 0.462 e. The first-order valence-corrected chi connectivity index (χ1v) is 4.67. The summed E-state index contributed by atoms with van der Waals surface area (Å²) in [6.45, 7) is 1.95. The van der Waals surface area contributed by atoms with Gasteiger partial charge in [-0.05, 0) is 6.92 Å². The summed E-state index contributed by atoms with van der Waals surface area (Å²) >= 11 is 0. The van der Waals surface area contributed by atoms with E-state index in [1.807, 2.05) is 0 Å². The number of esters is 1. The van der Waals surface area contributed by atoms with E-state index in [1.165, 1.54) is 12.3 Å². The molecule has 0 bridgehead atoms. The first-order valence-electron chi connectivity index (χ1n) is 4.67. The highest BCUT2D eigenvalue weighted by molar-refractivity contribution is 5.95. The number of anilines is 1. The Morgan fingerprint density at radius 3 is 3.12 bits per heavy atom. The lowest BCUT2D eigenvalue weighted by Crippen LogP contribution is -2.16. The van der Waals surface area contributed by atoms with Crippen LogP contribution >= 0.6 is 0 Å². The number of carbonyl (C=O) groups excluding carboxylic acids is 1. The van der Waals surface area contributed by atoms with Crippen molar-refractivity contribution in [2.75, 3.05) is 12.3 Å². The van der Waals surface area contributed by atoms with Crippen molar-refractivity contribution in [3.63, 3.8) is 0 Å². The van der Waals surface area contributed by atoms with Crippen LogP contribution in [0.5, 0.6) is 0 Å². The fraction of sp³-hybridized carbons (Fsp3) is 0.222. The highest BCUT2D eigenvalue weighted by atomic mass is 16.5. The van der Waals surface area contributed by atoms with Crippen molar-refractivity contribution < 1.29 is 9.53 Å². The number of H-pyrrole nitrogens is 1. The standard InChI is InChI=1S/C9H10N4O3/c1-2-16-9(15)5-4-11-13-7(14)3-6(10)12-8(5)13/h3-4,11H,2,10H2,1H3. The van der Waals surface area contributed by atoms with Crippen LogP contribution in [-0.4, -0.2) is 27.2 Å². The smallest absolute Gasteiger partial charge is 0.343 e. The first kappa shape index (κ1) is 10.2. The normalized spacial score (nSPS) is 10.6. The summed E-state index contributed by atoms with van der Waals surface area (Å²) in [6, 6.07) is 1.17. The fourth-order valence-electron chi connectivity index (χ4n) is 1.36. The third kappa shape index (κ3) is 1.52. The molecule has 7 nitrogen and oxygen atoms in total. The summed E-state index contributed by atoms with van der Waals surface area (Å²) in [5, 5.41) is 2.61. The molecule has 2 heterocycles. The van der Waals surface area contributed by atoms with Gasteiger partial charge in [-0.15, -0.1) is 0 Å². The quantitative estimate of drug-likeness (QED) is 0.684. The highest BCUT2D eigenvalue weighted by Gasteiger charge is 2.15. The second-order valence-electron chi connectivity index (χ2n) is 3.09. The van der Waals surface area contributed by atoms with Crippen LogP contribution in [0, 0.1) is 0 Å². The van der Waals surface area contributed by atoms with Gasteiger partial charge < -0.3 is 10.5 Å². The van der Waals surface area contributed by atoms with Crippen LogP contribution < -0.4 is 11.3 Å². The lowest BCUT2D eigenvalue weighted by Gasteiger charge is -1.99. The van der Waals surface area contributed by atoms with E-state index < -0.39 is 5.97 Å². The molecule has 0 radical (unpaired) electrons. The molecule has 3 N–H and O–H groups in total. The predicted molar refractivity (Wildman–Crippen MR) is 56.2 cm³/mol. The van der Waals surface area contributed by atoms with Gasteiger partial charge in [0, 0.05) is 12.3 Å². The van der Waals surface area contributed by atoms with Gasteiger partial charge >= 0.3 is 5.97 Å². The van der Waals surface area contributed by atoms with Gasteiger partial charge in [-0.1, -0.05) is 0 Å². The molecule has 0 aliphatic carbocycles. The van der Waals surface area contributed by atoms with Crippen molar-refractivity contribution in [3.05, 3.63) is 28.2 Å². The van der Waals surface area contributed by atoms with E-state index in [2.05, 4.69) is 10.1 Å². The monoisotopic (exact) mass is 222 g/mol. The first-order chi connectivity index (χ1) is 7.63. The molecule has 2 aromatic rings. The summed E-state index contributed by atoms with van der Waals surface area (Å²) < 4.78 is 5.95. The number of nitrogens with one attached hydrogen (secondary N) is 1. The maximum atomic E-state index is 11.5. The van der Waals surface area contributed by atoms with Crippen LogP contribution in [0.1, 0.15) is 17.3 Å². The number of aromatic amines is 1. The van der Waals surface area contributed by atoms with E-state index in [-0.39, 0.29) is 29.2 Å². The van der Waals surface area contributed by atoms with Gasteiger partial charge in [-0.25, -0.2) is 14.3 Å². The van der Waals surface area contributed by atoms with E-state index in [9.17, 15) is 9.59 Å². The zero-order chi connectivity index (χ0) is 11.7. The third-order valence-corrected chi connectivity index (χ3v) is 2.01. The zero-order valence-corrected chi connectivity index (χ0v) is 8.56. The number of fused-ring (bicyclic) bond motifs is 1. The predicted octanol–water partition coefficient (Wildman–Crippen LogP) is -0.218. The van der Waals surface area contributed by atoms with Crippen molar-refractivity contribution >= 4 is 17.4 Å². The van der Waals surface area contributed by atoms with E-state index in [4.69, 9.17) is 10.5 Å². The molecule has 0 aliphatic rings. The van der Waals surface area contributed by atoms with E-state index in [0.29, 0.717) is 0 Å². The average Bonchev–Trinajstić information content (AvgIpc) is 2.61. The van der Waals surface area contributed by atoms with Gasteiger partial charge in [0.05, 0.1) is 6.61 Å². The molecule has 0 spiro atoms. The van der Waals surface area contributed by atoms with Crippen LogP contribution in [0.4, 0.5) is 5.82 Å². The molecular weight excluding hydrogens is 212 g/mol. The summed E-state index contributed by atoms with van der Waals surface area (Å²) in [4.78, 5) is 26.9. The minimum Gasteiger partial charge on any atom is -0.462 e. The topological polar surface area (TPSA) is 102 Å². The second-order valence-corrected chi connectivity index (χ2v) is 3.09. The average molecular weight is 222 g/mol. The highest BCUT2D eigenvalue weighted by Crippen LogP contribution is 2.08. The van der Waals surface area contributed by atoms with Gasteiger partial charge in [-0.3, -0.25) is 9.89 Å². The summed E-state index contributed by atoms with van der Waals surface area (Å²) in [7, 11) is 0. The lowest BCUT2D eigenvalue weighted by atomic mass is 10.3. The van der Waals surface area contributed by atoms with Gasteiger partial charge in [0.15, 0.2) is 5.65 Å². The van der Waals surface area contributed by atoms with Crippen molar-refractivity contribution in [2.45, 2.75) is 6.92 Å². The van der Waals surface area contributed by atoms with Crippen LogP contribution in [-0.2, 0) is 4.74 Å². The molecular formula is C9H10N4O3. The molecule has 0 atom stereocenters. The van der Waals surface area contributed by atoms with Gasteiger partial charge in [0.1, 0.15) is 11.4 Å². The maximum absolute atomic E-state index is 11.5. The van der Waals surface area contributed by atoms with Gasteiger partial charge in [-0.2, -0.15) is 0 Å². The third-order valence-electron chi connectivity index (χ3n) is 2.01. The van der Waals surface area contributed by atoms with Crippen LogP contribution in [0.3, 0.4) is 0 Å². The molecule has 16 heavy (non-hydrogen) atoms. The molecule has 0 saturated carbocycles. The van der Waals surface area contributed by atoms with Crippen LogP contribution in [0.25, 0.3) is 5.65 Å². The molecule has 7 heteroatoms. The number of nitrogen functional groups attached to an aromatic ring is 1. The molecule has 0 unspecified atom stereocenters. The molecule has 0 saturated heterocycles. The SMILES string of the molecule is CCOC(=O)c1c[nH]n2c(=O)cc(N)nc12. The number of hydrogen-bond acceptors (Lipinski definition) is 5. The summed E-state index contributed by atoms with van der Waals surface area (Å²) in [5.41, 5.74) is 5.42. The Hall–Kier alpha value is -2.31. The second kappa shape index (κ2) is 3.69. The number of aromatic nitrogens is 3. The minimum absolute atomic E-state index is 0.0650. The summed E-state index contributed by atoms with van der Waals surface area (Å²) in [6.07, 6.45) is 1.36. The zero-order valence-electron chi connectivity index (χ0n) is 8.56. The Labute approximate surface area is 89.8 Å². The van der Waals surface area contributed by atoms with Crippen molar-refractivity contribution in [1.82, 2.24) is 14.6 Å². The Morgan fingerprint density at radius 1 is 1.69 bits per heavy atom. The summed E-state index contributed by atoms with van der Waals surface area (Å²) in [5.74, 6) is -0.478. The molecule has 0 aliphatic heterocycles. The number of nitrogens with zero attached hydrogens (tertiary/aromatic N) is 2. The van der Waals surface area contributed by atoms with E-state index in [1.54, 1.807) is 6.92 Å². The van der Waals surface area contributed by atoms with E-state index >= 15 is 0 Å². The Morgan fingerprint density at radius 2 is 2.44 bits per heavy atom. The molecule has 0 fully saturated rings. The van der Waals surface area contributed by atoms with Crippen LogP contribution in [0.15, 0.2) is 17.1 Å². The van der Waals surface area contributed by atoms with Gasteiger partial charge in [0.25, 0.3) is 5.56 Å². The van der Waals surface area contributed by atoms with Crippen molar-refractivity contribution in [1.29, 1.82) is 0 Å². The van der Waals surface area contributed by atoms with Crippen molar-refractivity contribution in [2.24, 2.45) is 0 Å². The molecule has 2 aromatic heterocycles. The Bertz CT molecular complexity index is 598. The van der Waals surface area contributed by atoms with E-state index in [0.717, 1.165) is 4.52 Å². The Balaban J connectivity index is 2.64. The lowest BCUT2D eigenvalue weighted by molar-refractivity contribution is 0.0528. The molecule has 0 aromatic carbocycles. The fourth-order valence-corrected chi connectivity index (χ4v) is 1.36.